The average Bonchev–Trinajstić information content (AvgIpc) is 3.11. The Kier molecular flexibility index (Phi) is 9.37. The molecule has 1 aromatic carbocycles. The maximum absolute atomic E-state index is 4.51. The SMILES string of the molecule is CN=C(NCCCN1CCN(Cc2ccccc2)CC1)NCCCn1nc(C)cc1C. The molecule has 0 unspecified atom stereocenters. The molecule has 0 spiro atoms. The van der Waals surface area contributed by atoms with Gasteiger partial charge in [0.2, 0.25) is 0 Å². The first-order valence-corrected chi connectivity index (χ1v) is 11.6. The summed E-state index contributed by atoms with van der Waals surface area (Å²) in [6.45, 7) is 13.7. The molecule has 0 amide bonds. The summed E-state index contributed by atoms with van der Waals surface area (Å²) < 4.78 is 2.08. The number of hydrogen-bond donors (Lipinski definition) is 2. The van der Waals surface area contributed by atoms with Gasteiger partial charge in [-0.25, -0.2) is 0 Å². The van der Waals surface area contributed by atoms with Crippen molar-refractivity contribution in [1.29, 1.82) is 0 Å². The van der Waals surface area contributed by atoms with E-state index in [9.17, 15) is 0 Å². The Hall–Kier alpha value is -2.38. The highest BCUT2D eigenvalue weighted by atomic mass is 15.3. The number of aryl methyl sites for hydroxylation is 3. The fourth-order valence-electron chi connectivity index (χ4n) is 4.08. The molecule has 31 heavy (non-hydrogen) atoms. The van der Waals surface area contributed by atoms with Crippen LogP contribution < -0.4 is 10.6 Å². The summed E-state index contributed by atoms with van der Waals surface area (Å²) in [5.41, 5.74) is 3.72. The van der Waals surface area contributed by atoms with Gasteiger partial charge < -0.3 is 15.5 Å². The molecule has 2 heterocycles. The summed E-state index contributed by atoms with van der Waals surface area (Å²) in [5.74, 6) is 0.890. The molecular formula is C24H39N7. The minimum atomic E-state index is 0.890. The number of aromatic nitrogens is 2. The third kappa shape index (κ3) is 7.99. The van der Waals surface area contributed by atoms with Crippen LogP contribution in [-0.4, -0.2) is 78.4 Å². The molecule has 1 aliphatic rings. The van der Waals surface area contributed by atoms with Crippen LogP contribution in [0.3, 0.4) is 0 Å². The summed E-state index contributed by atoms with van der Waals surface area (Å²) in [4.78, 5) is 9.47. The van der Waals surface area contributed by atoms with Crippen LogP contribution in [0.15, 0.2) is 41.4 Å². The van der Waals surface area contributed by atoms with Gasteiger partial charge in [0.15, 0.2) is 5.96 Å². The van der Waals surface area contributed by atoms with Gasteiger partial charge in [-0.05, 0) is 44.9 Å². The van der Waals surface area contributed by atoms with Gasteiger partial charge in [-0.3, -0.25) is 14.6 Å². The third-order valence-electron chi connectivity index (χ3n) is 5.82. The molecule has 7 nitrogen and oxygen atoms in total. The Balaban J connectivity index is 1.23. The summed E-state index contributed by atoms with van der Waals surface area (Å²) in [5, 5.41) is 11.4. The summed E-state index contributed by atoms with van der Waals surface area (Å²) in [7, 11) is 1.84. The van der Waals surface area contributed by atoms with Crippen LogP contribution in [0.4, 0.5) is 0 Å². The van der Waals surface area contributed by atoms with Gasteiger partial charge in [0.25, 0.3) is 0 Å². The van der Waals surface area contributed by atoms with Crippen LogP contribution in [-0.2, 0) is 13.1 Å². The predicted octanol–water partition coefficient (Wildman–Crippen LogP) is 2.26. The molecular weight excluding hydrogens is 386 g/mol. The van der Waals surface area contributed by atoms with E-state index in [0.29, 0.717) is 0 Å². The molecule has 0 aliphatic carbocycles. The van der Waals surface area contributed by atoms with Crippen molar-refractivity contribution in [1.82, 2.24) is 30.2 Å². The first-order valence-electron chi connectivity index (χ1n) is 11.6. The Morgan fingerprint density at radius 3 is 2.19 bits per heavy atom. The normalized spacial score (nSPS) is 15.9. The molecule has 7 heteroatoms. The number of rotatable bonds is 10. The first kappa shape index (κ1) is 23.3. The monoisotopic (exact) mass is 425 g/mol. The van der Waals surface area contributed by atoms with Crippen molar-refractivity contribution in [3.63, 3.8) is 0 Å². The van der Waals surface area contributed by atoms with E-state index < -0.39 is 0 Å². The lowest BCUT2D eigenvalue weighted by Gasteiger charge is -2.34. The third-order valence-corrected chi connectivity index (χ3v) is 5.82. The molecule has 2 N–H and O–H groups in total. The second-order valence-corrected chi connectivity index (χ2v) is 8.39. The Morgan fingerprint density at radius 2 is 1.58 bits per heavy atom. The highest BCUT2D eigenvalue weighted by Gasteiger charge is 2.16. The zero-order valence-electron chi connectivity index (χ0n) is 19.5. The van der Waals surface area contributed by atoms with Gasteiger partial charge in [0.05, 0.1) is 5.69 Å². The Morgan fingerprint density at radius 1 is 0.935 bits per heavy atom. The zero-order chi connectivity index (χ0) is 21.9. The summed E-state index contributed by atoms with van der Waals surface area (Å²) >= 11 is 0. The van der Waals surface area contributed by atoms with Gasteiger partial charge >= 0.3 is 0 Å². The van der Waals surface area contributed by atoms with Gasteiger partial charge in [-0.1, -0.05) is 30.3 Å². The lowest BCUT2D eigenvalue weighted by molar-refractivity contribution is 0.126. The smallest absolute Gasteiger partial charge is 0.190 e. The molecule has 1 aliphatic heterocycles. The topological polar surface area (TPSA) is 60.7 Å². The van der Waals surface area contributed by atoms with Crippen molar-refractivity contribution in [2.24, 2.45) is 4.99 Å². The molecule has 1 aromatic heterocycles. The van der Waals surface area contributed by atoms with Crippen molar-refractivity contribution in [2.75, 3.05) is 52.9 Å². The quantitative estimate of drug-likeness (QED) is 0.347. The molecule has 2 aromatic rings. The highest BCUT2D eigenvalue weighted by Crippen LogP contribution is 2.08. The largest absolute Gasteiger partial charge is 0.356 e. The van der Waals surface area contributed by atoms with Crippen molar-refractivity contribution in [2.45, 2.75) is 39.8 Å². The number of aliphatic imine (C=N–C) groups is 1. The second-order valence-electron chi connectivity index (χ2n) is 8.39. The van der Waals surface area contributed by atoms with E-state index in [-0.39, 0.29) is 0 Å². The maximum Gasteiger partial charge on any atom is 0.190 e. The van der Waals surface area contributed by atoms with E-state index in [2.05, 4.69) is 78.5 Å². The van der Waals surface area contributed by atoms with E-state index in [1.807, 2.05) is 14.0 Å². The maximum atomic E-state index is 4.51. The number of hydrogen-bond acceptors (Lipinski definition) is 4. The second kappa shape index (κ2) is 12.5. The van der Waals surface area contributed by atoms with Crippen LogP contribution in [0.5, 0.6) is 0 Å². The number of benzene rings is 1. The van der Waals surface area contributed by atoms with E-state index in [4.69, 9.17) is 0 Å². The van der Waals surface area contributed by atoms with E-state index in [1.54, 1.807) is 0 Å². The lowest BCUT2D eigenvalue weighted by Crippen LogP contribution is -2.46. The van der Waals surface area contributed by atoms with Gasteiger partial charge in [0.1, 0.15) is 0 Å². The first-order chi connectivity index (χ1) is 15.1. The average molecular weight is 426 g/mol. The number of piperazine rings is 1. The highest BCUT2D eigenvalue weighted by molar-refractivity contribution is 5.79. The summed E-state index contributed by atoms with van der Waals surface area (Å²) in [6.07, 6.45) is 2.15. The summed E-state index contributed by atoms with van der Waals surface area (Å²) in [6, 6.07) is 12.9. The minimum Gasteiger partial charge on any atom is -0.356 e. The fourth-order valence-corrected chi connectivity index (χ4v) is 4.08. The van der Waals surface area contributed by atoms with Gasteiger partial charge in [-0.2, -0.15) is 5.10 Å². The van der Waals surface area contributed by atoms with Crippen LogP contribution in [0, 0.1) is 13.8 Å². The van der Waals surface area contributed by atoms with Crippen LogP contribution in [0.25, 0.3) is 0 Å². The van der Waals surface area contributed by atoms with E-state index in [1.165, 1.54) is 11.3 Å². The minimum absolute atomic E-state index is 0.890. The van der Waals surface area contributed by atoms with Crippen molar-refractivity contribution < 1.29 is 0 Å². The molecule has 1 fully saturated rings. The van der Waals surface area contributed by atoms with Crippen LogP contribution >= 0.6 is 0 Å². The van der Waals surface area contributed by atoms with Crippen LogP contribution in [0.1, 0.15) is 29.8 Å². The molecule has 3 rings (SSSR count). The van der Waals surface area contributed by atoms with Crippen molar-refractivity contribution in [3.8, 4) is 0 Å². The van der Waals surface area contributed by atoms with E-state index >= 15 is 0 Å². The van der Waals surface area contributed by atoms with Gasteiger partial charge in [-0.15, -0.1) is 0 Å². The standard InChI is InChI=1S/C24H39N7/c1-21-19-22(2)31(28-21)14-8-12-27-24(25-3)26-11-7-13-29-15-17-30(18-16-29)20-23-9-5-4-6-10-23/h4-6,9-10,19H,7-8,11-18,20H2,1-3H3,(H2,25,26,27). The lowest BCUT2D eigenvalue weighted by atomic mass is 10.2. The fraction of sp³-hybridized carbons (Fsp3) is 0.583. The predicted molar refractivity (Wildman–Crippen MR) is 128 cm³/mol. The molecule has 1 saturated heterocycles. The molecule has 0 atom stereocenters. The molecule has 170 valence electrons. The number of nitrogens with zero attached hydrogens (tertiary/aromatic N) is 5. The van der Waals surface area contributed by atoms with Crippen molar-refractivity contribution in [3.05, 3.63) is 53.3 Å². The van der Waals surface area contributed by atoms with E-state index in [0.717, 1.165) is 83.4 Å². The molecule has 0 radical (unpaired) electrons. The van der Waals surface area contributed by atoms with Gasteiger partial charge in [0, 0.05) is 65.1 Å². The van der Waals surface area contributed by atoms with Crippen molar-refractivity contribution >= 4 is 5.96 Å². The Bertz CT molecular complexity index is 792. The Labute approximate surface area is 187 Å². The number of nitrogens with one attached hydrogen (secondary N) is 2. The zero-order valence-corrected chi connectivity index (χ0v) is 19.5. The number of guanidine groups is 1. The van der Waals surface area contributed by atoms with Crippen LogP contribution in [0.2, 0.25) is 0 Å². The molecule has 0 bridgehead atoms. The molecule has 0 saturated carbocycles.